The minimum atomic E-state index is -3.43. The molecule has 18 heavy (non-hydrogen) atoms. The average molecular weight is 264 g/mol. The van der Waals surface area contributed by atoms with Gasteiger partial charge < -0.3 is 4.57 Å². The van der Waals surface area contributed by atoms with E-state index in [4.69, 9.17) is 0 Å². The topological polar surface area (TPSA) is 51.1 Å². The number of sulfonamides is 1. The first-order valence-electron chi connectivity index (χ1n) is 5.66. The van der Waals surface area contributed by atoms with E-state index in [0.29, 0.717) is 6.54 Å². The van der Waals surface area contributed by atoms with Gasteiger partial charge in [-0.15, -0.1) is 0 Å². The molecule has 0 aliphatic rings. The van der Waals surface area contributed by atoms with Crippen molar-refractivity contribution in [3.63, 3.8) is 0 Å². The summed E-state index contributed by atoms with van der Waals surface area (Å²) in [7, 11) is -1.51. The Labute approximate surface area is 107 Å². The lowest BCUT2D eigenvalue weighted by molar-refractivity contribution is 0.579. The van der Waals surface area contributed by atoms with Crippen LogP contribution in [0.2, 0.25) is 0 Å². The van der Waals surface area contributed by atoms with Gasteiger partial charge in [-0.25, -0.2) is 13.1 Å². The quantitative estimate of drug-likeness (QED) is 0.915. The number of hydrogen-bond acceptors (Lipinski definition) is 2. The highest BCUT2D eigenvalue weighted by Crippen LogP contribution is 2.10. The first-order valence-corrected chi connectivity index (χ1v) is 7.15. The molecular formula is C13H16N2O2S. The van der Waals surface area contributed by atoms with Crippen molar-refractivity contribution in [2.24, 2.45) is 7.05 Å². The van der Waals surface area contributed by atoms with Crippen LogP contribution >= 0.6 is 0 Å². The number of benzene rings is 1. The average Bonchev–Trinajstić information content (AvgIpc) is 2.69. The van der Waals surface area contributed by atoms with Gasteiger partial charge in [-0.05, 0) is 31.2 Å². The van der Waals surface area contributed by atoms with E-state index < -0.39 is 10.0 Å². The van der Waals surface area contributed by atoms with Crippen molar-refractivity contribution in [1.82, 2.24) is 9.29 Å². The van der Waals surface area contributed by atoms with E-state index in [9.17, 15) is 8.42 Å². The van der Waals surface area contributed by atoms with Crippen LogP contribution in [0.15, 0.2) is 47.4 Å². The van der Waals surface area contributed by atoms with Gasteiger partial charge >= 0.3 is 0 Å². The molecule has 0 amide bonds. The summed E-state index contributed by atoms with van der Waals surface area (Å²) >= 11 is 0. The first-order chi connectivity index (χ1) is 8.50. The van der Waals surface area contributed by atoms with Crippen molar-refractivity contribution in [3.8, 4) is 0 Å². The molecule has 0 aliphatic carbocycles. The molecule has 5 heteroatoms. The van der Waals surface area contributed by atoms with Crippen LogP contribution in [0.1, 0.15) is 11.4 Å². The van der Waals surface area contributed by atoms with Gasteiger partial charge in [-0.3, -0.25) is 0 Å². The zero-order valence-corrected chi connectivity index (χ0v) is 11.2. The maximum Gasteiger partial charge on any atom is 0.240 e. The van der Waals surface area contributed by atoms with E-state index in [1.54, 1.807) is 30.3 Å². The predicted molar refractivity (Wildman–Crippen MR) is 70.6 cm³/mol. The molecule has 1 aromatic carbocycles. The molecule has 0 atom stereocenters. The Hall–Kier alpha value is -1.59. The standard InChI is InChI=1S/C13H16N2O2S/c1-11-8-9-12(15(11)2)10-14-18(16,17)13-6-4-3-5-7-13/h3-9,14H,10H2,1-2H3. The van der Waals surface area contributed by atoms with E-state index in [-0.39, 0.29) is 4.90 Å². The molecule has 2 aromatic rings. The highest BCUT2D eigenvalue weighted by Gasteiger charge is 2.13. The monoisotopic (exact) mass is 264 g/mol. The summed E-state index contributed by atoms with van der Waals surface area (Å²) in [5.74, 6) is 0. The van der Waals surface area contributed by atoms with Crippen LogP contribution < -0.4 is 4.72 Å². The molecular weight excluding hydrogens is 248 g/mol. The van der Waals surface area contributed by atoms with Gasteiger partial charge in [-0.1, -0.05) is 18.2 Å². The van der Waals surface area contributed by atoms with Gasteiger partial charge in [0.2, 0.25) is 10.0 Å². The fourth-order valence-electron chi connectivity index (χ4n) is 1.70. The van der Waals surface area contributed by atoms with Crippen LogP contribution in [0.4, 0.5) is 0 Å². The summed E-state index contributed by atoms with van der Waals surface area (Å²) in [5, 5.41) is 0. The zero-order chi connectivity index (χ0) is 13.2. The maximum absolute atomic E-state index is 12.0. The Balaban J connectivity index is 2.13. The lowest BCUT2D eigenvalue weighted by Gasteiger charge is -2.08. The fraction of sp³-hybridized carbons (Fsp3) is 0.231. The number of hydrogen-bond donors (Lipinski definition) is 1. The van der Waals surface area contributed by atoms with Crippen LogP contribution in [0, 0.1) is 6.92 Å². The van der Waals surface area contributed by atoms with E-state index in [1.165, 1.54) is 0 Å². The van der Waals surface area contributed by atoms with Gasteiger partial charge in [-0.2, -0.15) is 0 Å². The normalized spacial score (nSPS) is 11.7. The Morgan fingerprint density at radius 3 is 2.33 bits per heavy atom. The molecule has 0 bridgehead atoms. The highest BCUT2D eigenvalue weighted by atomic mass is 32.2. The van der Waals surface area contributed by atoms with E-state index in [0.717, 1.165) is 11.4 Å². The van der Waals surface area contributed by atoms with Crippen LogP contribution in [0.5, 0.6) is 0 Å². The molecule has 1 heterocycles. The Bertz CT molecular complexity index is 630. The number of nitrogens with one attached hydrogen (secondary N) is 1. The Morgan fingerprint density at radius 2 is 1.78 bits per heavy atom. The number of rotatable bonds is 4. The third-order valence-corrected chi connectivity index (χ3v) is 4.39. The van der Waals surface area contributed by atoms with Gasteiger partial charge in [0.05, 0.1) is 11.4 Å². The van der Waals surface area contributed by atoms with Gasteiger partial charge in [0, 0.05) is 18.4 Å². The Kier molecular flexibility index (Phi) is 3.54. The predicted octanol–water partition coefficient (Wildman–Crippen LogP) is 1.81. The van der Waals surface area contributed by atoms with E-state index in [2.05, 4.69) is 4.72 Å². The van der Waals surface area contributed by atoms with Crippen LogP contribution in [0.25, 0.3) is 0 Å². The van der Waals surface area contributed by atoms with Gasteiger partial charge in [0.25, 0.3) is 0 Å². The third-order valence-electron chi connectivity index (χ3n) is 2.97. The molecule has 4 nitrogen and oxygen atoms in total. The molecule has 0 radical (unpaired) electrons. The Morgan fingerprint density at radius 1 is 1.11 bits per heavy atom. The second kappa shape index (κ2) is 4.96. The van der Waals surface area contributed by atoms with Gasteiger partial charge in [0.15, 0.2) is 0 Å². The summed E-state index contributed by atoms with van der Waals surface area (Å²) in [5.41, 5.74) is 2.04. The van der Waals surface area contributed by atoms with Crippen molar-refractivity contribution < 1.29 is 8.42 Å². The highest BCUT2D eigenvalue weighted by molar-refractivity contribution is 7.89. The van der Waals surface area contributed by atoms with E-state index >= 15 is 0 Å². The molecule has 96 valence electrons. The van der Waals surface area contributed by atoms with Crippen molar-refractivity contribution in [3.05, 3.63) is 53.9 Å². The van der Waals surface area contributed by atoms with Crippen molar-refractivity contribution >= 4 is 10.0 Å². The molecule has 1 aromatic heterocycles. The summed E-state index contributed by atoms with van der Waals surface area (Å²) in [6.07, 6.45) is 0. The molecule has 0 unspecified atom stereocenters. The lowest BCUT2D eigenvalue weighted by Crippen LogP contribution is -2.24. The summed E-state index contributed by atoms with van der Waals surface area (Å²) < 4.78 is 28.6. The molecule has 0 saturated carbocycles. The van der Waals surface area contributed by atoms with Crippen LogP contribution in [-0.4, -0.2) is 13.0 Å². The molecule has 0 fully saturated rings. The summed E-state index contributed by atoms with van der Waals surface area (Å²) in [4.78, 5) is 0.288. The minimum absolute atomic E-state index is 0.288. The second-order valence-corrected chi connectivity index (χ2v) is 5.93. The van der Waals surface area contributed by atoms with Crippen LogP contribution in [0.3, 0.4) is 0 Å². The third kappa shape index (κ3) is 2.63. The SMILES string of the molecule is Cc1ccc(CNS(=O)(=O)c2ccccc2)n1C. The largest absolute Gasteiger partial charge is 0.351 e. The molecule has 0 saturated heterocycles. The van der Waals surface area contributed by atoms with Crippen LogP contribution in [-0.2, 0) is 23.6 Å². The summed E-state index contributed by atoms with van der Waals surface area (Å²) in [6.45, 7) is 2.27. The first kappa shape index (κ1) is 12.9. The second-order valence-electron chi connectivity index (χ2n) is 4.16. The van der Waals surface area contributed by atoms with Crippen molar-refractivity contribution in [2.75, 3.05) is 0 Å². The minimum Gasteiger partial charge on any atom is -0.351 e. The lowest BCUT2D eigenvalue weighted by atomic mass is 10.4. The van der Waals surface area contributed by atoms with E-state index in [1.807, 2.05) is 30.7 Å². The van der Waals surface area contributed by atoms with Crippen molar-refractivity contribution in [1.29, 1.82) is 0 Å². The number of aryl methyl sites for hydroxylation is 1. The number of nitrogens with zero attached hydrogens (tertiary/aromatic N) is 1. The van der Waals surface area contributed by atoms with Gasteiger partial charge in [0.1, 0.15) is 0 Å². The number of aromatic nitrogens is 1. The maximum atomic E-state index is 12.0. The van der Waals surface area contributed by atoms with Crippen molar-refractivity contribution in [2.45, 2.75) is 18.4 Å². The fourth-order valence-corrected chi connectivity index (χ4v) is 2.72. The molecule has 0 spiro atoms. The smallest absolute Gasteiger partial charge is 0.240 e. The molecule has 0 aliphatic heterocycles. The molecule has 1 N–H and O–H groups in total. The molecule has 2 rings (SSSR count). The zero-order valence-electron chi connectivity index (χ0n) is 10.4. The summed E-state index contributed by atoms with van der Waals surface area (Å²) in [6, 6.07) is 12.3.